The summed E-state index contributed by atoms with van der Waals surface area (Å²) in [6, 6.07) is 14.3. The number of allylic oxidation sites excluding steroid dienone is 3. The van der Waals surface area contributed by atoms with Crippen LogP contribution >= 0.6 is 11.9 Å². The lowest BCUT2D eigenvalue weighted by Gasteiger charge is -2.12. The molecule has 0 aliphatic heterocycles. The van der Waals surface area contributed by atoms with Crippen LogP contribution in [0.25, 0.3) is 0 Å². The molecule has 0 spiro atoms. The van der Waals surface area contributed by atoms with Gasteiger partial charge in [0, 0.05) is 17.6 Å². The molecule has 3 N–H and O–H groups in total. The number of hydrogen-bond acceptors (Lipinski definition) is 4. The molecule has 0 aromatic heterocycles. The van der Waals surface area contributed by atoms with Crippen molar-refractivity contribution in [1.82, 2.24) is 0 Å². The van der Waals surface area contributed by atoms with E-state index >= 15 is 0 Å². The summed E-state index contributed by atoms with van der Waals surface area (Å²) in [5, 5.41) is 13.0. The number of aliphatic hydroxyl groups is 1. The first-order chi connectivity index (χ1) is 13.0. The maximum absolute atomic E-state index is 13.1. The first kappa shape index (κ1) is 20.6. The van der Waals surface area contributed by atoms with Gasteiger partial charge in [-0.25, -0.2) is 4.39 Å². The van der Waals surface area contributed by atoms with Gasteiger partial charge in [0.05, 0.1) is 5.70 Å². The third kappa shape index (κ3) is 6.87. The van der Waals surface area contributed by atoms with Crippen LogP contribution in [0.1, 0.15) is 18.9 Å². The summed E-state index contributed by atoms with van der Waals surface area (Å²) in [6.07, 6.45) is 7.57. The standard InChI is InChI=1S/C22H25FN2OS/c1-4-17(8-9-18-6-5-7-21(14-18)25-27-3)15-22(16(2)26)24-20-12-10-19(23)11-13-20/h4-7,10-15,24-26H,2,8-9H2,1,3H3/b17-4-,22-15+. The predicted octanol–water partition coefficient (Wildman–Crippen LogP) is 6.46. The fraction of sp³-hybridized carbons (Fsp3) is 0.182. The molecule has 2 aromatic rings. The second-order valence-corrected chi connectivity index (χ2v) is 6.62. The largest absolute Gasteiger partial charge is 0.506 e. The van der Waals surface area contributed by atoms with E-state index in [1.165, 1.54) is 17.7 Å². The molecule has 0 saturated heterocycles. The number of halogens is 1. The highest BCUT2D eigenvalue weighted by atomic mass is 32.2. The highest BCUT2D eigenvalue weighted by molar-refractivity contribution is 7.99. The molecule has 2 aromatic carbocycles. The number of benzene rings is 2. The number of rotatable bonds is 9. The van der Waals surface area contributed by atoms with E-state index in [-0.39, 0.29) is 11.6 Å². The van der Waals surface area contributed by atoms with Crippen LogP contribution in [-0.4, -0.2) is 11.4 Å². The van der Waals surface area contributed by atoms with Gasteiger partial charge in [-0.2, -0.15) is 0 Å². The Morgan fingerprint density at radius 3 is 2.56 bits per heavy atom. The fourth-order valence-corrected chi connectivity index (χ4v) is 2.93. The molecule has 0 aliphatic rings. The van der Waals surface area contributed by atoms with Crippen LogP contribution in [0.15, 0.2) is 84.3 Å². The number of aryl methyl sites for hydroxylation is 1. The summed E-state index contributed by atoms with van der Waals surface area (Å²) in [4.78, 5) is 0. The molecule has 0 fully saturated rings. The molecule has 0 aliphatic carbocycles. The van der Waals surface area contributed by atoms with Crippen molar-refractivity contribution in [3.63, 3.8) is 0 Å². The highest BCUT2D eigenvalue weighted by Gasteiger charge is 2.05. The Morgan fingerprint density at radius 1 is 1.19 bits per heavy atom. The number of anilines is 2. The maximum atomic E-state index is 13.1. The molecule has 0 atom stereocenters. The number of nitrogens with one attached hydrogen (secondary N) is 2. The van der Waals surface area contributed by atoms with Crippen LogP contribution in [-0.2, 0) is 6.42 Å². The Kier molecular flexibility index (Phi) is 8.01. The molecule has 0 bridgehead atoms. The van der Waals surface area contributed by atoms with Gasteiger partial charge in [0.2, 0.25) is 0 Å². The molecular weight excluding hydrogens is 359 g/mol. The topological polar surface area (TPSA) is 44.3 Å². The highest BCUT2D eigenvalue weighted by Crippen LogP contribution is 2.20. The Balaban J connectivity index is 2.08. The van der Waals surface area contributed by atoms with Crippen LogP contribution in [0, 0.1) is 5.82 Å². The second-order valence-electron chi connectivity index (χ2n) is 6.01. The van der Waals surface area contributed by atoms with Crippen molar-refractivity contribution >= 4 is 23.3 Å². The summed E-state index contributed by atoms with van der Waals surface area (Å²) >= 11 is 1.57. The molecule has 0 radical (unpaired) electrons. The molecule has 2 rings (SSSR count). The Labute approximate surface area is 164 Å². The minimum Gasteiger partial charge on any atom is -0.506 e. The van der Waals surface area contributed by atoms with Crippen LogP contribution in [0.3, 0.4) is 0 Å². The van der Waals surface area contributed by atoms with Crippen molar-refractivity contribution < 1.29 is 9.50 Å². The number of hydrogen-bond donors (Lipinski definition) is 3. The lowest BCUT2D eigenvalue weighted by atomic mass is 10.0. The smallest absolute Gasteiger partial charge is 0.131 e. The van der Waals surface area contributed by atoms with Crippen molar-refractivity contribution in [2.24, 2.45) is 0 Å². The zero-order chi connectivity index (χ0) is 19.6. The first-order valence-corrected chi connectivity index (χ1v) is 9.90. The van der Waals surface area contributed by atoms with Gasteiger partial charge in [0.1, 0.15) is 11.6 Å². The Morgan fingerprint density at radius 2 is 1.93 bits per heavy atom. The van der Waals surface area contributed by atoms with Crippen molar-refractivity contribution in [1.29, 1.82) is 0 Å². The molecular formula is C22H25FN2OS. The van der Waals surface area contributed by atoms with Crippen molar-refractivity contribution in [3.8, 4) is 0 Å². The Hall–Kier alpha value is -2.66. The van der Waals surface area contributed by atoms with E-state index in [2.05, 4.69) is 28.8 Å². The minimum absolute atomic E-state index is 0.0650. The Bertz CT molecular complexity index is 828. The van der Waals surface area contributed by atoms with Crippen LogP contribution in [0.5, 0.6) is 0 Å². The van der Waals surface area contributed by atoms with E-state index in [9.17, 15) is 9.50 Å². The van der Waals surface area contributed by atoms with Crippen molar-refractivity contribution in [2.45, 2.75) is 19.8 Å². The summed E-state index contributed by atoms with van der Waals surface area (Å²) in [6.45, 7) is 5.59. The lowest BCUT2D eigenvalue weighted by molar-refractivity contribution is 0.427. The second kappa shape index (κ2) is 10.5. The lowest BCUT2D eigenvalue weighted by Crippen LogP contribution is -2.03. The van der Waals surface area contributed by atoms with E-state index in [4.69, 9.17) is 0 Å². The average molecular weight is 385 g/mol. The predicted molar refractivity (Wildman–Crippen MR) is 116 cm³/mol. The normalized spacial score (nSPS) is 12.0. The monoisotopic (exact) mass is 384 g/mol. The molecule has 0 unspecified atom stereocenters. The summed E-state index contributed by atoms with van der Waals surface area (Å²) in [5.74, 6) is -0.369. The zero-order valence-electron chi connectivity index (χ0n) is 15.6. The van der Waals surface area contributed by atoms with E-state index in [0.717, 1.165) is 24.1 Å². The molecule has 0 amide bonds. The van der Waals surface area contributed by atoms with Gasteiger partial charge in [0.15, 0.2) is 0 Å². The van der Waals surface area contributed by atoms with Gasteiger partial charge in [-0.3, -0.25) is 0 Å². The van der Waals surface area contributed by atoms with Gasteiger partial charge in [-0.15, -0.1) is 0 Å². The minimum atomic E-state index is -0.304. The average Bonchev–Trinajstić information content (AvgIpc) is 2.66. The molecule has 142 valence electrons. The molecule has 3 nitrogen and oxygen atoms in total. The third-order valence-corrected chi connectivity index (χ3v) is 4.42. The van der Waals surface area contributed by atoms with E-state index in [1.807, 2.05) is 37.5 Å². The first-order valence-electron chi connectivity index (χ1n) is 8.67. The van der Waals surface area contributed by atoms with Crippen molar-refractivity contribution in [2.75, 3.05) is 16.3 Å². The summed E-state index contributed by atoms with van der Waals surface area (Å²) in [5.41, 5.74) is 4.56. The molecule has 0 saturated carbocycles. The van der Waals surface area contributed by atoms with Crippen molar-refractivity contribution in [3.05, 3.63) is 95.7 Å². The number of aliphatic hydroxyl groups excluding tert-OH is 1. The van der Waals surface area contributed by atoms with E-state index < -0.39 is 0 Å². The van der Waals surface area contributed by atoms with Gasteiger partial charge >= 0.3 is 0 Å². The van der Waals surface area contributed by atoms with Gasteiger partial charge < -0.3 is 15.1 Å². The van der Waals surface area contributed by atoms with Crippen LogP contribution in [0.2, 0.25) is 0 Å². The molecule has 5 heteroatoms. The summed E-state index contributed by atoms with van der Waals surface area (Å²) < 4.78 is 16.3. The van der Waals surface area contributed by atoms with Crippen LogP contribution < -0.4 is 10.0 Å². The summed E-state index contributed by atoms with van der Waals surface area (Å²) in [7, 11) is 0. The molecule has 0 heterocycles. The van der Waals surface area contributed by atoms with Gasteiger partial charge in [-0.1, -0.05) is 36.7 Å². The van der Waals surface area contributed by atoms with Crippen LogP contribution in [0.4, 0.5) is 15.8 Å². The van der Waals surface area contributed by atoms with E-state index in [0.29, 0.717) is 11.4 Å². The molecule has 27 heavy (non-hydrogen) atoms. The third-order valence-electron chi connectivity index (χ3n) is 3.98. The fourth-order valence-electron chi connectivity index (χ4n) is 2.56. The zero-order valence-corrected chi connectivity index (χ0v) is 16.4. The van der Waals surface area contributed by atoms with E-state index in [1.54, 1.807) is 24.1 Å². The quantitative estimate of drug-likeness (QED) is 0.264. The maximum Gasteiger partial charge on any atom is 0.131 e. The SMILES string of the molecule is C=C(O)/C(=C\C(=C/C)CCc1cccc(NSC)c1)Nc1ccc(F)cc1. The van der Waals surface area contributed by atoms with Gasteiger partial charge in [0.25, 0.3) is 0 Å². The van der Waals surface area contributed by atoms with Gasteiger partial charge in [-0.05, 0) is 73.4 Å².